The third-order valence-electron chi connectivity index (χ3n) is 2.05. The lowest BCUT2D eigenvalue weighted by atomic mass is 10.4. The van der Waals surface area contributed by atoms with Gasteiger partial charge in [-0.15, -0.1) is 24.0 Å². The van der Waals surface area contributed by atoms with E-state index in [2.05, 4.69) is 27.2 Å². The Labute approximate surface area is 146 Å². The standard InChI is InChI=1S/C12H17Cl2N5.HI/c1-8(2)6-19-12(15)17-4-3-16-11-10(14)5-9(13)7-18-11;/h5,7H,1,3-4,6H2,2H3,(H,16,18)(H3,15,17,19);1H. The summed E-state index contributed by atoms with van der Waals surface area (Å²) in [5, 5.41) is 7.02. The second kappa shape index (κ2) is 10.1. The molecule has 0 atom stereocenters. The van der Waals surface area contributed by atoms with E-state index in [0.717, 1.165) is 5.57 Å². The number of hydrogen-bond acceptors (Lipinski definition) is 3. The summed E-state index contributed by atoms with van der Waals surface area (Å²) in [6.07, 6.45) is 1.53. The van der Waals surface area contributed by atoms with Crippen molar-refractivity contribution in [2.75, 3.05) is 25.0 Å². The number of nitrogens with one attached hydrogen (secondary N) is 2. The molecule has 0 aromatic carbocycles. The van der Waals surface area contributed by atoms with Gasteiger partial charge in [-0.2, -0.15) is 0 Å². The summed E-state index contributed by atoms with van der Waals surface area (Å²) in [6, 6.07) is 1.63. The monoisotopic (exact) mass is 429 g/mol. The molecule has 0 aliphatic rings. The van der Waals surface area contributed by atoms with Crippen LogP contribution in [0.25, 0.3) is 0 Å². The summed E-state index contributed by atoms with van der Waals surface area (Å²) >= 11 is 11.7. The van der Waals surface area contributed by atoms with E-state index < -0.39 is 0 Å². The van der Waals surface area contributed by atoms with Gasteiger partial charge in [-0.25, -0.2) is 9.98 Å². The number of hydrogen-bond donors (Lipinski definition) is 3. The van der Waals surface area contributed by atoms with Crippen LogP contribution in [0.1, 0.15) is 6.92 Å². The van der Waals surface area contributed by atoms with Crippen molar-refractivity contribution in [2.45, 2.75) is 6.92 Å². The topological polar surface area (TPSA) is 75.3 Å². The zero-order valence-electron chi connectivity index (χ0n) is 11.1. The Bertz CT molecular complexity index is 479. The average Bonchev–Trinajstić information content (AvgIpc) is 2.34. The van der Waals surface area contributed by atoms with Gasteiger partial charge >= 0.3 is 0 Å². The highest BCUT2D eigenvalue weighted by molar-refractivity contribution is 14.0. The molecule has 1 aromatic heterocycles. The number of nitrogens with zero attached hydrogens (tertiary/aromatic N) is 2. The predicted molar refractivity (Wildman–Crippen MR) is 97.5 cm³/mol. The Hall–Kier alpha value is -0.730. The highest BCUT2D eigenvalue weighted by atomic mass is 127. The van der Waals surface area contributed by atoms with Gasteiger partial charge in [-0.3, -0.25) is 0 Å². The van der Waals surface area contributed by atoms with Crippen molar-refractivity contribution in [3.63, 3.8) is 0 Å². The molecule has 20 heavy (non-hydrogen) atoms. The number of guanidine groups is 1. The molecule has 0 spiro atoms. The Morgan fingerprint density at radius 1 is 1.45 bits per heavy atom. The molecule has 0 amide bonds. The van der Waals surface area contributed by atoms with Crippen LogP contribution in [0.5, 0.6) is 0 Å². The van der Waals surface area contributed by atoms with Gasteiger partial charge in [0.05, 0.1) is 16.6 Å². The lowest BCUT2D eigenvalue weighted by Crippen LogP contribution is -2.35. The second-order valence-corrected chi connectivity index (χ2v) is 4.84. The number of anilines is 1. The molecule has 1 heterocycles. The molecule has 5 nitrogen and oxygen atoms in total. The van der Waals surface area contributed by atoms with Crippen LogP contribution in [0.2, 0.25) is 10.0 Å². The maximum absolute atomic E-state index is 5.97. The van der Waals surface area contributed by atoms with E-state index in [1.807, 2.05) is 6.92 Å². The van der Waals surface area contributed by atoms with Crippen molar-refractivity contribution in [1.82, 2.24) is 10.3 Å². The van der Waals surface area contributed by atoms with Crippen molar-refractivity contribution in [2.24, 2.45) is 10.7 Å². The third kappa shape index (κ3) is 7.76. The van der Waals surface area contributed by atoms with Crippen LogP contribution in [0.4, 0.5) is 5.82 Å². The van der Waals surface area contributed by atoms with E-state index in [1.165, 1.54) is 6.20 Å². The molecule has 1 rings (SSSR count). The van der Waals surface area contributed by atoms with E-state index >= 15 is 0 Å². The van der Waals surface area contributed by atoms with Crippen LogP contribution in [-0.2, 0) is 0 Å². The quantitative estimate of drug-likeness (QED) is 0.213. The van der Waals surface area contributed by atoms with Crippen LogP contribution in [0.3, 0.4) is 0 Å². The van der Waals surface area contributed by atoms with Gasteiger partial charge in [0, 0.05) is 19.3 Å². The molecule has 0 aliphatic carbocycles. The average molecular weight is 430 g/mol. The molecule has 0 unspecified atom stereocenters. The molecule has 8 heteroatoms. The van der Waals surface area contributed by atoms with Gasteiger partial charge < -0.3 is 16.4 Å². The first-order chi connectivity index (χ1) is 8.99. The Morgan fingerprint density at radius 3 is 2.75 bits per heavy atom. The largest absolute Gasteiger partial charge is 0.370 e. The SMILES string of the molecule is C=C(C)CN=C(N)NCCNc1ncc(Cl)cc1Cl.I. The Kier molecular flexibility index (Phi) is 9.70. The first-order valence-electron chi connectivity index (χ1n) is 5.72. The van der Waals surface area contributed by atoms with E-state index in [9.17, 15) is 0 Å². The maximum atomic E-state index is 5.97. The number of aromatic nitrogens is 1. The minimum absolute atomic E-state index is 0. The second-order valence-electron chi connectivity index (χ2n) is 4.00. The smallest absolute Gasteiger partial charge is 0.188 e. The number of aliphatic imine (C=N–C) groups is 1. The predicted octanol–water partition coefficient (Wildman–Crippen LogP) is 2.90. The van der Waals surface area contributed by atoms with Crippen molar-refractivity contribution in [3.8, 4) is 0 Å². The molecule has 112 valence electrons. The minimum atomic E-state index is 0. The fourth-order valence-electron chi connectivity index (χ4n) is 1.19. The highest BCUT2D eigenvalue weighted by Gasteiger charge is 2.01. The molecule has 0 radical (unpaired) electrons. The molecule has 0 saturated carbocycles. The molecule has 0 aliphatic heterocycles. The van der Waals surface area contributed by atoms with Gasteiger partial charge in [0.1, 0.15) is 5.82 Å². The molecule has 4 N–H and O–H groups in total. The van der Waals surface area contributed by atoms with Gasteiger partial charge in [0.2, 0.25) is 0 Å². The Balaban J connectivity index is 0.00000361. The molecular weight excluding hydrogens is 412 g/mol. The number of pyridine rings is 1. The van der Waals surface area contributed by atoms with Gasteiger partial charge in [-0.05, 0) is 13.0 Å². The molecule has 1 aromatic rings. The van der Waals surface area contributed by atoms with Crippen LogP contribution in [0.15, 0.2) is 29.4 Å². The third-order valence-corrected chi connectivity index (χ3v) is 2.55. The lowest BCUT2D eigenvalue weighted by molar-refractivity contribution is 0.885. The van der Waals surface area contributed by atoms with Crippen LogP contribution < -0.4 is 16.4 Å². The van der Waals surface area contributed by atoms with Crippen molar-refractivity contribution in [1.29, 1.82) is 0 Å². The first-order valence-corrected chi connectivity index (χ1v) is 6.47. The first kappa shape index (κ1) is 19.3. The van der Waals surface area contributed by atoms with E-state index in [1.54, 1.807) is 6.07 Å². The van der Waals surface area contributed by atoms with Crippen molar-refractivity contribution in [3.05, 3.63) is 34.5 Å². The molecule has 0 fully saturated rings. The maximum Gasteiger partial charge on any atom is 0.188 e. The highest BCUT2D eigenvalue weighted by Crippen LogP contribution is 2.21. The van der Waals surface area contributed by atoms with Gasteiger partial charge in [0.15, 0.2) is 5.96 Å². The van der Waals surface area contributed by atoms with Crippen LogP contribution >= 0.6 is 47.2 Å². The number of halogens is 3. The summed E-state index contributed by atoms with van der Waals surface area (Å²) in [5.41, 5.74) is 6.62. The van der Waals surface area contributed by atoms with Crippen LogP contribution in [-0.4, -0.2) is 30.6 Å². The van der Waals surface area contributed by atoms with E-state index in [0.29, 0.717) is 41.5 Å². The normalized spacial score (nSPS) is 10.7. The minimum Gasteiger partial charge on any atom is -0.370 e. The van der Waals surface area contributed by atoms with Crippen molar-refractivity contribution < 1.29 is 0 Å². The summed E-state index contributed by atoms with van der Waals surface area (Å²) in [4.78, 5) is 8.17. The summed E-state index contributed by atoms with van der Waals surface area (Å²) in [7, 11) is 0. The summed E-state index contributed by atoms with van der Waals surface area (Å²) in [5.74, 6) is 0.977. The molecule has 0 bridgehead atoms. The fourth-order valence-corrected chi connectivity index (χ4v) is 1.64. The van der Waals surface area contributed by atoms with Gasteiger partial charge in [-0.1, -0.05) is 35.4 Å². The zero-order valence-corrected chi connectivity index (χ0v) is 15.0. The van der Waals surface area contributed by atoms with Gasteiger partial charge in [0.25, 0.3) is 0 Å². The number of nitrogens with two attached hydrogens (primary N) is 1. The van der Waals surface area contributed by atoms with Crippen molar-refractivity contribution >= 4 is 59.0 Å². The zero-order chi connectivity index (χ0) is 14.3. The number of rotatable bonds is 6. The molecule has 0 saturated heterocycles. The lowest BCUT2D eigenvalue weighted by Gasteiger charge is -2.09. The summed E-state index contributed by atoms with van der Waals surface area (Å²) in [6.45, 7) is 7.38. The Morgan fingerprint density at radius 2 is 2.15 bits per heavy atom. The molecular formula is C12H18Cl2IN5. The van der Waals surface area contributed by atoms with Crippen LogP contribution in [0, 0.1) is 0 Å². The van der Waals surface area contributed by atoms with E-state index in [-0.39, 0.29) is 24.0 Å². The fraction of sp³-hybridized carbons (Fsp3) is 0.333. The summed E-state index contributed by atoms with van der Waals surface area (Å²) < 4.78 is 0. The van der Waals surface area contributed by atoms with E-state index in [4.69, 9.17) is 28.9 Å².